The minimum absolute atomic E-state index is 0.233. The highest BCUT2D eigenvalue weighted by Gasteiger charge is 2.24. The Morgan fingerprint density at radius 1 is 1.33 bits per heavy atom. The summed E-state index contributed by atoms with van der Waals surface area (Å²) in [6.45, 7) is 7.96. The molecule has 1 aromatic rings. The molecule has 2 heteroatoms. The van der Waals surface area contributed by atoms with Crippen LogP contribution in [0.2, 0.25) is 0 Å². The van der Waals surface area contributed by atoms with Crippen molar-refractivity contribution < 1.29 is 4.74 Å². The first-order valence-electron chi connectivity index (χ1n) is 4.76. The van der Waals surface area contributed by atoms with E-state index in [1.165, 1.54) is 0 Å². The minimum atomic E-state index is -0.233. The largest absolute Gasteiger partial charge is 0.501 e. The van der Waals surface area contributed by atoms with E-state index in [1.54, 1.807) is 19.2 Å². The molecular weight excluding hydrogens is 186 g/mol. The van der Waals surface area contributed by atoms with Gasteiger partial charge in [-0.05, 0) is 31.5 Å². The van der Waals surface area contributed by atoms with Gasteiger partial charge in [-0.1, -0.05) is 18.7 Å². The number of hydrogen-bond donors (Lipinski definition) is 0. The molecule has 78 valence electrons. The lowest BCUT2D eigenvalue weighted by Crippen LogP contribution is -2.20. The third-order valence-electron chi connectivity index (χ3n) is 2.68. The van der Waals surface area contributed by atoms with Crippen LogP contribution in [-0.2, 0) is 10.2 Å². The van der Waals surface area contributed by atoms with E-state index in [1.807, 2.05) is 26.0 Å². The Balaban J connectivity index is 3.06. The first-order valence-corrected chi connectivity index (χ1v) is 4.76. The van der Waals surface area contributed by atoms with Gasteiger partial charge in [-0.2, -0.15) is 5.26 Å². The molecule has 0 aliphatic rings. The van der Waals surface area contributed by atoms with Crippen molar-refractivity contribution in [2.24, 2.45) is 0 Å². The van der Waals surface area contributed by atoms with Crippen molar-refractivity contribution >= 4 is 0 Å². The van der Waals surface area contributed by atoms with Crippen LogP contribution in [0.5, 0.6) is 0 Å². The summed E-state index contributed by atoms with van der Waals surface area (Å²) >= 11 is 0. The van der Waals surface area contributed by atoms with Gasteiger partial charge >= 0.3 is 0 Å². The SMILES string of the molecule is C=C(OC)C(C)(C)c1ccc(C#N)cc1. The van der Waals surface area contributed by atoms with Gasteiger partial charge in [-0.15, -0.1) is 0 Å². The molecule has 0 amide bonds. The number of nitrogens with zero attached hydrogens (tertiary/aromatic N) is 1. The molecule has 2 nitrogen and oxygen atoms in total. The van der Waals surface area contributed by atoms with E-state index in [-0.39, 0.29) is 5.41 Å². The van der Waals surface area contributed by atoms with E-state index in [0.29, 0.717) is 11.3 Å². The predicted octanol–water partition coefficient (Wildman–Crippen LogP) is 3.00. The number of methoxy groups -OCH3 is 1. The second-order valence-corrected chi connectivity index (χ2v) is 3.94. The molecule has 1 aromatic carbocycles. The average molecular weight is 201 g/mol. The minimum Gasteiger partial charge on any atom is -0.501 e. The lowest BCUT2D eigenvalue weighted by atomic mass is 9.83. The summed E-state index contributed by atoms with van der Waals surface area (Å²) in [6.07, 6.45) is 0. The van der Waals surface area contributed by atoms with E-state index in [9.17, 15) is 0 Å². The van der Waals surface area contributed by atoms with E-state index < -0.39 is 0 Å². The van der Waals surface area contributed by atoms with Crippen molar-refractivity contribution in [3.8, 4) is 6.07 Å². The second-order valence-electron chi connectivity index (χ2n) is 3.94. The predicted molar refractivity (Wildman–Crippen MR) is 60.3 cm³/mol. The van der Waals surface area contributed by atoms with Crippen LogP contribution < -0.4 is 0 Å². The number of allylic oxidation sites excluding steroid dienone is 1. The third-order valence-corrected chi connectivity index (χ3v) is 2.68. The summed E-state index contributed by atoms with van der Waals surface area (Å²) in [7, 11) is 1.62. The van der Waals surface area contributed by atoms with Gasteiger partial charge < -0.3 is 4.74 Å². The summed E-state index contributed by atoms with van der Waals surface area (Å²) in [5.74, 6) is 0.715. The molecule has 0 bridgehead atoms. The molecule has 0 spiro atoms. The van der Waals surface area contributed by atoms with Crippen molar-refractivity contribution in [1.82, 2.24) is 0 Å². The zero-order chi connectivity index (χ0) is 11.5. The van der Waals surface area contributed by atoms with Gasteiger partial charge in [0.25, 0.3) is 0 Å². The molecule has 0 aromatic heterocycles. The highest BCUT2D eigenvalue weighted by molar-refractivity contribution is 5.37. The molecule has 0 atom stereocenters. The van der Waals surface area contributed by atoms with Crippen LogP contribution >= 0.6 is 0 Å². The van der Waals surface area contributed by atoms with E-state index in [0.717, 1.165) is 5.56 Å². The summed E-state index contributed by atoms with van der Waals surface area (Å²) in [4.78, 5) is 0. The molecule has 0 saturated carbocycles. The fourth-order valence-corrected chi connectivity index (χ4v) is 1.38. The fraction of sp³-hybridized carbons (Fsp3) is 0.308. The van der Waals surface area contributed by atoms with E-state index in [2.05, 4.69) is 12.6 Å². The lowest BCUT2D eigenvalue weighted by molar-refractivity contribution is 0.237. The van der Waals surface area contributed by atoms with Gasteiger partial charge in [0.1, 0.15) is 0 Å². The molecule has 0 N–H and O–H groups in total. The Hall–Kier alpha value is -1.75. The van der Waals surface area contributed by atoms with Crippen LogP contribution in [0.4, 0.5) is 0 Å². The summed E-state index contributed by atoms with van der Waals surface area (Å²) < 4.78 is 5.17. The first-order chi connectivity index (χ1) is 7.02. The Bertz CT molecular complexity index is 396. The molecule has 0 aliphatic heterocycles. The van der Waals surface area contributed by atoms with Crippen LogP contribution in [-0.4, -0.2) is 7.11 Å². The van der Waals surface area contributed by atoms with Crippen LogP contribution in [0.3, 0.4) is 0 Å². The molecule has 15 heavy (non-hydrogen) atoms. The lowest BCUT2D eigenvalue weighted by Gasteiger charge is -2.26. The summed E-state index contributed by atoms with van der Waals surface area (Å²) in [5, 5.41) is 8.69. The van der Waals surface area contributed by atoms with Crippen molar-refractivity contribution in [2.45, 2.75) is 19.3 Å². The van der Waals surface area contributed by atoms with Crippen LogP contribution in [0.1, 0.15) is 25.0 Å². The quantitative estimate of drug-likeness (QED) is 0.704. The number of nitriles is 1. The number of ether oxygens (including phenoxy) is 1. The standard InChI is InChI=1S/C13H15NO/c1-10(15-4)13(2,3)12-7-5-11(9-14)6-8-12/h5-8H,1H2,2-4H3. The van der Waals surface area contributed by atoms with Crippen LogP contribution in [0.25, 0.3) is 0 Å². The second kappa shape index (κ2) is 4.18. The molecule has 0 unspecified atom stereocenters. The molecule has 0 fully saturated rings. The monoisotopic (exact) mass is 201 g/mol. The third kappa shape index (κ3) is 2.19. The van der Waals surface area contributed by atoms with Crippen molar-refractivity contribution in [3.63, 3.8) is 0 Å². The summed E-state index contributed by atoms with van der Waals surface area (Å²) in [5.41, 5.74) is 1.52. The van der Waals surface area contributed by atoms with Crippen molar-refractivity contribution in [3.05, 3.63) is 47.7 Å². The fourth-order valence-electron chi connectivity index (χ4n) is 1.38. The molecule has 0 saturated heterocycles. The molecule has 0 aliphatic carbocycles. The van der Waals surface area contributed by atoms with Gasteiger partial charge in [-0.3, -0.25) is 0 Å². The Labute approximate surface area is 90.8 Å². The van der Waals surface area contributed by atoms with Gasteiger partial charge in [0.2, 0.25) is 0 Å². The topological polar surface area (TPSA) is 33.0 Å². The van der Waals surface area contributed by atoms with Gasteiger partial charge in [0.15, 0.2) is 0 Å². The number of benzene rings is 1. The summed E-state index contributed by atoms with van der Waals surface area (Å²) in [6, 6.07) is 9.57. The highest BCUT2D eigenvalue weighted by atomic mass is 16.5. The molecule has 0 radical (unpaired) electrons. The van der Waals surface area contributed by atoms with Gasteiger partial charge in [-0.25, -0.2) is 0 Å². The van der Waals surface area contributed by atoms with E-state index >= 15 is 0 Å². The van der Waals surface area contributed by atoms with Crippen LogP contribution in [0, 0.1) is 11.3 Å². The maximum atomic E-state index is 8.69. The van der Waals surface area contributed by atoms with Crippen molar-refractivity contribution in [1.29, 1.82) is 5.26 Å². The average Bonchev–Trinajstić information content (AvgIpc) is 2.28. The normalized spacial score (nSPS) is 10.5. The smallest absolute Gasteiger partial charge is 0.0991 e. The Kier molecular flexibility index (Phi) is 3.16. The zero-order valence-corrected chi connectivity index (χ0v) is 9.37. The first kappa shape index (κ1) is 11.3. The maximum Gasteiger partial charge on any atom is 0.0991 e. The van der Waals surface area contributed by atoms with E-state index in [4.69, 9.17) is 10.00 Å². The zero-order valence-electron chi connectivity index (χ0n) is 9.37. The Morgan fingerprint density at radius 2 is 1.87 bits per heavy atom. The maximum absolute atomic E-state index is 8.69. The molecule has 1 rings (SSSR count). The highest BCUT2D eigenvalue weighted by Crippen LogP contribution is 2.30. The van der Waals surface area contributed by atoms with Gasteiger partial charge in [0.05, 0.1) is 24.5 Å². The molecule has 0 heterocycles. The van der Waals surface area contributed by atoms with Crippen molar-refractivity contribution in [2.75, 3.05) is 7.11 Å². The molecular formula is C13H15NO. The number of rotatable bonds is 3. The van der Waals surface area contributed by atoms with Crippen LogP contribution in [0.15, 0.2) is 36.6 Å². The number of hydrogen-bond acceptors (Lipinski definition) is 2. The van der Waals surface area contributed by atoms with Gasteiger partial charge in [0, 0.05) is 5.41 Å². The Morgan fingerprint density at radius 3 is 2.27 bits per heavy atom.